The topological polar surface area (TPSA) is 91.9 Å². The molecule has 9 heteroatoms. The van der Waals surface area contributed by atoms with Crippen molar-refractivity contribution in [1.82, 2.24) is 9.88 Å². The lowest BCUT2D eigenvalue weighted by atomic mass is 10.3. The monoisotopic (exact) mass is 359 g/mol. The lowest BCUT2D eigenvalue weighted by Crippen LogP contribution is -2.51. The zero-order valence-electron chi connectivity index (χ0n) is 13.9. The molecule has 7 nitrogen and oxygen atoms in total. The molecule has 23 heavy (non-hydrogen) atoms. The Bertz CT molecular complexity index is 627. The summed E-state index contributed by atoms with van der Waals surface area (Å²) < 4.78 is 23.3. The SMILES string of the molecule is CC(C)(C)S(=O)(=O)CCN=C(N)N1CCN(c2nccs2)CC1. The number of aromatic nitrogens is 1. The normalized spacial score (nSPS) is 17.6. The van der Waals surface area contributed by atoms with Gasteiger partial charge in [0.1, 0.15) is 0 Å². The Morgan fingerprint density at radius 1 is 1.35 bits per heavy atom. The van der Waals surface area contributed by atoms with Crippen LogP contribution < -0.4 is 10.6 Å². The molecule has 0 spiro atoms. The van der Waals surface area contributed by atoms with Crippen LogP contribution in [-0.2, 0) is 9.84 Å². The van der Waals surface area contributed by atoms with E-state index in [9.17, 15) is 8.42 Å². The van der Waals surface area contributed by atoms with E-state index >= 15 is 0 Å². The van der Waals surface area contributed by atoms with Crippen LogP contribution in [0.2, 0.25) is 0 Å². The van der Waals surface area contributed by atoms with Gasteiger partial charge in [0.25, 0.3) is 0 Å². The molecule has 0 amide bonds. The van der Waals surface area contributed by atoms with Crippen LogP contribution in [0.25, 0.3) is 0 Å². The van der Waals surface area contributed by atoms with Gasteiger partial charge in [-0.2, -0.15) is 0 Å². The third-order valence-electron chi connectivity index (χ3n) is 3.86. The number of rotatable bonds is 4. The molecule has 1 aromatic heterocycles. The van der Waals surface area contributed by atoms with E-state index < -0.39 is 14.6 Å². The van der Waals surface area contributed by atoms with Gasteiger partial charge in [0, 0.05) is 37.8 Å². The molecular weight excluding hydrogens is 334 g/mol. The Labute approximate surface area is 142 Å². The summed E-state index contributed by atoms with van der Waals surface area (Å²) in [5.74, 6) is 0.448. The molecule has 2 rings (SSSR count). The highest BCUT2D eigenvalue weighted by molar-refractivity contribution is 7.92. The van der Waals surface area contributed by atoms with Crippen molar-refractivity contribution in [2.75, 3.05) is 43.4 Å². The first-order chi connectivity index (χ1) is 10.7. The minimum absolute atomic E-state index is 0.0241. The second kappa shape index (κ2) is 7.04. The van der Waals surface area contributed by atoms with E-state index in [1.165, 1.54) is 0 Å². The summed E-state index contributed by atoms with van der Waals surface area (Å²) in [6.07, 6.45) is 1.80. The van der Waals surface area contributed by atoms with Crippen molar-refractivity contribution in [3.05, 3.63) is 11.6 Å². The molecule has 2 N–H and O–H groups in total. The number of guanidine groups is 1. The van der Waals surface area contributed by atoms with Crippen LogP contribution in [0.15, 0.2) is 16.6 Å². The van der Waals surface area contributed by atoms with E-state index in [0.29, 0.717) is 5.96 Å². The highest BCUT2D eigenvalue weighted by Gasteiger charge is 2.28. The summed E-state index contributed by atoms with van der Waals surface area (Å²) in [6, 6.07) is 0. The van der Waals surface area contributed by atoms with Crippen molar-refractivity contribution in [3.8, 4) is 0 Å². The number of nitrogens with two attached hydrogens (primary N) is 1. The molecule has 0 radical (unpaired) electrons. The van der Waals surface area contributed by atoms with Gasteiger partial charge in [-0.1, -0.05) is 0 Å². The summed E-state index contributed by atoms with van der Waals surface area (Å²) >= 11 is 1.63. The zero-order chi connectivity index (χ0) is 17.1. The molecule has 1 saturated heterocycles. The molecular formula is C14H25N5O2S2. The Balaban J connectivity index is 1.84. The smallest absolute Gasteiger partial charge is 0.191 e. The minimum Gasteiger partial charge on any atom is -0.370 e. The van der Waals surface area contributed by atoms with Gasteiger partial charge in [-0.25, -0.2) is 13.4 Å². The maximum atomic E-state index is 12.0. The summed E-state index contributed by atoms with van der Waals surface area (Å²) in [5, 5.41) is 2.99. The average molecular weight is 360 g/mol. The maximum absolute atomic E-state index is 12.0. The largest absolute Gasteiger partial charge is 0.370 e. The molecule has 0 aromatic carbocycles. The van der Waals surface area contributed by atoms with Crippen LogP contribution in [0.3, 0.4) is 0 Å². The Kier molecular flexibility index (Phi) is 5.51. The molecule has 1 aromatic rings. The Hall–Kier alpha value is -1.35. The van der Waals surface area contributed by atoms with E-state index in [-0.39, 0.29) is 12.3 Å². The first kappa shape index (κ1) is 18.0. The predicted octanol–water partition coefficient (Wildman–Crippen LogP) is 0.793. The number of thiazole rings is 1. The number of anilines is 1. The average Bonchev–Trinajstić information content (AvgIpc) is 3.00. The lowest BCUT2D eigenvalue weighted by Gasteiger charge is -2.35. The molecule has 0 saturated carbocycles. The van der Waals surface area contributed by atoms with Crippen molar-refractivity contribution in [3.63, 3.8) is 0 Å². The highest BCUT2D eigenvalue weighted by atomic mass is 32.2. The van der Waals surface area contributed by atoms with E-state index in [1.54, 1.807) is 38.3 Å². The number of hydrogen-bond acceptors (Lipinski definition) is 6. The third kappa shape index (κ3) is 4.57. The first-order valence-corrected chi connectivity index (χ1v) is 10.2. The van der Waals surface area contributed by atoms with Gasteiger partial charge in [-0.05, 0) is 20.8 Å². The number of piperazine rings is 1. The molecule has 1 aliphatic rings. The number of nitrogens with zero attached hydrogens (tertiary/aromatic N) is 4. The second-order valence-electron chi connectivity index (χ2n) is 6.46. The van der Waals surface area contributed by atoms with E-state index in [4.69, 9.17) is 5.73 Å². The zero-order valence-corrected chi connectivity index (χ0v) is 15.5. The van der Waals surface area contributed by atoms with Gasteiger partial charge < -0.3 is 15.5 Å². The lowest BCUT2D eigenvalue weighted by molar-refractivity contribution is 0.381. The molecule has 0 atom stereocenters. The van der Waals surface area contributed by atoms with E-state index in [1.807, 2.05) is 10.3 Å². The molecule has 130 valence electrons. The van der Waals surface area contributed by atoms with Crippen LogP contribution in [-0.4, -0.2) is 67.5 Å². The van der Waals surface area contributed by atoms with Crippen LogP contribution in [0.5, 0.6) is 0 Å². The standard InChI is InChI=1S/C14H25N5O2S2/c1-14(2,3)23(20,21)11-5-16-12(15)18-6-8-19(9-7-18)13-17-4-10-22-13/h4,10H,5-9,11H2,1-3H3,(H2,15,16). The fourth-order valence-electron chi connectivity index (χ4n) is 2.19. The van der Waals surface area contributed by atoms with E-state index in [0.717, 1.165) is 31.3 Å². The van der Waals surface area contributed by atoms with Crippen molar-refractivity contribution in [2.24, 2.45) is 10.7 Å². The van der Waals surface area contributed by atoms with Gasteiger partial charge in [-0.15, -0.1) is 11.3 Å². The first-order valence-electron chi connectivity index (χ1n) is 7.62. The molecule has 0 bridgehead atoms. The van der Waals surface area contributed by atoms with Crippen molar-refractivity contribution in [1.29, 1.82) is 0 Å². The number of hydrogen-bond donors (Lipinski definition) is 1. The Morgan fingerprint density at radius 3 is 2.52 bits per heavy atom. The van der Waals surface area contributed by atoms with Crippen molar-refractivity contribution >= 4 is 32.3 Å². The molecule has 1 aliphatic heterocycles. The summed E-state index contributed by atoms with van der Waals surface area (Å²) in [5.41, 5.74) is 6.00. The van der Waals surface area contributed by atoms with Crippen LogP contribution >= 0.6 is 11.3 Å². The van der Waals surface area contributed by atoms with E-state index in [2.05, 4.69) is 14.9 Å². The van der Waals surface area contributed by atoms with Gasteiger partial charge in [0.05, 0.1) is 17.0 Å². The van der Waals surface area contributed by atoms with Crippen molar-refractivity contribution in [2.45, 2.75) is 25.5 Å². The van der Waals surface area contributed by atoms with Crippen LogP contribution in [0, 0.1) is 0 Å². The Morgan fingerprint density at radius 2 is 2.00 bits per heavy atom. The second-order valence-corrected chi connectivity index (χ2v) is 10.2. The van der Waals surface area contributed by atoms with Crippen LogP contribution in [0.1, 0.15) is 20.8 Å². The van der Waals surface area contributed by atoms with Gasteiger partial charge in [0.2, 0.25) is 0 Å². The minimum atomic E-state index is -3.16. The molecule has 0 aliphatic carbocycles. The quantitative estimate of drug-likeness (QED) is 0.631. The van der Waals surface area contributed by atoms with Crippen molar-refractivity contribution < 1.29 is 8.42 Å². The summed E-state index contributed by atoms with van der Waals surface area (Å²) in [4.78, 5) is 12.8. The maximum Gasteiger partial charge on any atom is 0.191 e. The molecule has 2 heterocycles. The molecule has 1 fully saturated rings. The number of sulfone groups is 1. The third-order valence-corrected chi connectivity index (χ3v) is 7.28. The van der Waals surface area contributed by atoms with Gasteiger partial charge in [0.15, 0.2) is 20.9 Å². The summed E-state index contributed by atoms with van der Waals surface area (Å²) in [7, 11) is -3.16. The predicted molar refractivity (Wildman–Crippen MR) is 95.9 cm³/mol. The fraction of sp³-hybridized carbons (Fsp3) is 0.714. The summed E-state index contributed by atoms with van der Waals surface area (Å²) in [6.45, 7) is 8.52. The van der Waals surface area contributed by atoms with Gasteiger partial charge >= 0.3 is 0 Å². The number of aliphatic imine (C=N–C) groups is 1. The highest BCUT2D eigenvalue weighted by Crippen LogP contribution is 2.19. The fourth-order valence-corrected chi connectivity index (χ4v) is 3.83. The van der Waals surface area contributed by atoms with Crippen LogP contribution in [0.4, 0.5) is 5.13 Å². The molecule has 0 unspecified atom stereocenters. The van der Waals surface area contributed by atoms with Gasteiger partial charge in [-0.3, -0.25) is 4.99 Å².